The van der Waals surface area contributed by atoms with Gasteiger partial charge in [0.2, 0.25) is 0 Å². The number of carbonyl (C=O) groups is 1. The lowest BCUT2D eigenvalue weighted by atomic mass is 9.93. The van der Waals surface area contributed by atoms with Gasteiger partial charge in [-0.15, -0.1) is 0 Å². The van der Waals surface area contributed by atoms with Crippen molar-refractivity contribution in [3.63, 3.8) is 0 Å². The monoisotopic (exact) mass is 414 g/mol. The van der Waals surface area contributed by atoms with Crippen LogP contribution >= 0.6 is 15.9 Å². The van der Waals surface area contributed by atoms with E-state index in [0.29, 0.717) is 10.2 Å². The van der Waals surface area contributed by atoms with E-state index in [0.717, 1.165) is 25.7 Å². The predicted octanol–water partition coefficient (Wildman–Crippen LogP) is 4.57. The van der Waals surface area contributed by atoms with Crippen molar-refractivity contribution in [1.29, 1.82) is 0 Å². The van der Waals surface area contributed by atoms with Crippen LogP contribution in [-0.2, 0) is 4.74 Å². The van der Waals surface area contributed by atoms with Gasteiger partial charge in [0.05, 0.1) is 15.5 Å². The summed E-state index contributed by atoms with van der Waals surface area (Å²) in [4.78, 5) is 22.1. The van der Waals surface area contributed by atoms with Gasteiger partial charge in [0, 0.05) is 18.2 Å². The van der Waals surface area contributed by atoms with Gasteiger partial charge in [-0.1, -0.05) is 0 Å². The molecule has 7 nitrogen and oxygen atoms in total. The van der Waals surface area contributed by atoms with Gasteiger partial charge in [-0.3, -0.25) is 10.1 Å². The fraction of sp³-hybridized carbons (Fsp3) is 0.588. The highest BCUT2D eigenvalue weighted by Crippen LogP contribution is 2.32. The number of hydrogen-bond acceptors (Lipinski definition) is 5. The number of nitro groups is 1. The summed E-state index contributed by atoms with van der Waals surface area (Å²) < 4.78 is 11.8. The number of rotatable bonds is 4. The van der Waals surface area contributed by atoms with Crippen molar-refractivity contribution in [2.75, 3.05) is 0 Å². The molecule has 0 aromatic heterocycles. The summed E-state index contributed by atoms with van der Waals surface area (Å²) >= 11 is 3.31. The molecule has 1 N–H and O–H groups in total. The van der Waals surface area contributed by atoms with Crippen LogP contribution < -0.4 is 10.1 Å². The SMILES string of the molecule is CC(C)(C)OC(=O)NC1CCC(Oc2ccc([N+](=O)[O-])cc2Br)CC1. The Balaban J connectivity index is 1.83. The maximum Gasteiger partial charge on any atom is 0.407 e. The van der Waals surface area contributed by atoms with Crippen molar-refractivity contribution in [2.45, 2.75) is 64.2 Å². The molecule has 2 rings (SSSR count). The third-order valence-corrected chi connectivity index (χ3v) is 4.43. The normalized spacial score (nSPS) is 20.6. The molecular formula is C17H23BrN2O5. The standard InChI is InChI=1S/C17H23BrN2O5/c1-17(2,3)25-16(21)19-11-4-7-13(8-5-11)24-15-9-6-12(20(22)23)10-14(15)18/h6,9-11,13H,4-5,7-8H2,1-3H3,(H,19,21). The number of benzene rings is 1. The Labute approximate surface area is 155 Å². The molecule has 0 spiro atoms. The number of nitrogens with zero attached hydrogens (tertiary/aromatic N) is 1. The Hall–Kier alpha value is -1.83. The molecule has 0 aliphatic heterocycles. The largest absolute Gasteiger partial charge is 0.489 e. The second-order valence-electron chi connectivity index (χ2n) is 7.11. The van der Waals surface area contributed by atoms with Gasteiger partial charge < -0.3 is 14.8 Å². The minimum absolute atomic E-state index is 0.0180. The molecule has 138 valence electrons. The predicted molar refractivity (Wildman–Crippen MR) is 96.8 cm³/mol. The highest BCUT2D eigenvalue weighted by Gasteiger charge is 2.26. The average molecular weight is 415 g/mol. The summed E-state index contributed by atoms with van der Waals surface area (Å²) in [6.07, 6.45) is 2.82. The maximum atomic E-state index is 11.8. The van der Waals surface area contributed by atoms with E-state index < -0.39 is 16.6 Å². The molecule has 0 atom stereocenters. The molecule has 1 amide bonds. The van der Waals surface area contributed by atoms with Gasteiger partial charge in [-0.25, -0.2) is 4.79 Å². The molecule has 1 aliphatic carbocycles. The molecule has 1 fully saturated rings. The van der Waals surface area contributed by atoms with Crippen LogP contribution in [0.2, 0.25) is 0 Å². The van der Waals surface area contributed by atoms with Crippen molar-refractivity contribution in [1.82, 2.24) is 5.32 Å². The number of hydrogen-bond donors (Lipinski definition) is 1. The summed E-state index contributed by atoms with van der Waals surface area (Å²) in [5.74, 6) is 0.592. The van der Waals surface area contributed by atoms with E-state index in [2.05, 4.69) is 21.2 Å². The summed E-state index contributed by atoms with van der Waals surface area (Å²) in [5.41, 5.74) is -0.489. The van der Waals surface area contributed by atoms with E-state index in [1.54, 1.807) is 6.07 Å². The lowest BCUT2D eigenvalue weighted by Gasteiger charge is -2.30. The summed E-state index contributed by atoms with van der Waals surface area (Å²) in [6.45, 7) is 5.50. The number of halogens is 1. The molecule has 0 heterocycles. The van der Waals surface area contributed by atoms with Crippen LogP contribution in [0.15, 0.2) is 22.7 Å². The zero-order valence-corrected chi connectivity index (χ0v) is 16.2. The molecule has 0 unspecified atom stereocenters. The Bertz CT molecular complexity index is 636. The Kier molecular flexibility index (Phi) is 6.26. The maximum absolute atomic E-state index is 11.8. The second kappa shape index (κ2) is 8.03. The number of non-ortho nitro benzene ring substituents is 1. The van der Waals surface area contributed by atoms with Gasteiger partial charge in [0.1, 0.15) is 11.4 Å². The van der Waals surface area contributed by atoms with Crippen LogP contribution in [0.5, 0.6) is 5.75 Å². The Morgan fingerprint density at radius 2 is 1.92 bits per heavy atom. The zero-order valence-electron chi connectivity index (χ0n) is 14.6. The fourth-order valence-electron chi connectivity index (χ4n) is 2.68. The minimum Gasteiger partial charge on any atom is -0.489 e. The van der Waals surface area contributed by atoms with Gasteiger partial charge in [0.15, 0.2) is 0 Å². The van der Waals surface area contributed by atoms with Gasteiger partial charge in [-0.2, -0.15) is 0 Å². The lowest BCUT2D eigenvalue weighted by Crippen LogP contribution is -2.42. The van der Waals surface area contributed by atoms with Crippen molar-refractivity contribution >= 4 is 27.7 Å². The van der Waals surface area contributed by atoms with E-state index in [1.807, 2.05) is 20.8 Å². The summed E-state index contributed by atoms with van der Waals surface area (Å²) in [7, 11) is 0. The first-order valence-corrected chi connectivity index (χ1v) is 9.03. The number of carbonyl (C=O) groups excluding carboxylic acids is 1. The summed E-state index contributed by atoms with van der Waals surface area (Å²) in [5, 5.41) is 13.7. The van der Waals surface area contributed by atoms with Crippen LogP contribution in [-0.4, -0.2) is 28.8 Å². The molecule has 0 saturated heterocycles. The number of nitro benzene ring substituents is 1. The lowest BCUT2D eigenvalue weighted by molar-refractivity contribution is -0.385. The molecule has 1 aromatic rings. The van der Waals surface area contributed by atoms with E-state index >= 15 is 0 Å². The molecule has 25 heavy (non-hydrogen) atoms. The topological polar surface area (TPSA) is 90.7 Å². The minimum atomic E-state index is -0.507. The van der Waals surface area contributed by atoms with Gasteiger partial charge in [-0.05, 0) is 68.5 Å². The first-order valence-electron chi connectivity index (χ1n) is 8.24. The fourth-order valence-corrected chi connectivity index (χ4v) is 3.14. The van der Waals surface area contributed by atoms with E-state index in [-0.39, 0.29) is 17.8 Å². The molecule has 1 aliphatic rings. The number of ether oxygens (including phenoxy) is 2. The van der Waals surface area contributed by atoms with Crippen LogP contribution in [0.25, 0.3) is 0 Å². The molecule has 0 bridgehead atoms. The quantitative estimate of drug-likeness (QED) is 0.575. The Morgan fingerprint density at radius 3 is 2.44 bits per heavy atom. The van der Waals surface area contributed by atoms with Crippen molar-refractivity contribution in [2.24, 2.45) is 0 Å². The van der Waals surface area contributed by atoms with Crippen molar-refractivity contribution in [3.8, 4) is 5.75 Å². The highest BCUT2D eigenvalue weighted by molar-refractivity contribution is 9.10. The first kappa shape index (κ1) is 19.5. The van der Waals surface area contributed by atoms with Crippen LogP contribution in [0.4, 0.5) is 10.5 Å². The third kappa shape index (κ3) is 6.19. The highest BCUT2D eigenvalue weighted by atomic mass is 79.9. The average Bonchev–Trinajstić information content (AvgIpc) is 2.49. The molecular weight excluding hydrogens is 392 g/mol. The van der Waals surface area contributed by atoms with E-state index in [1.165, 1.54) is 12.1 Å². The molecule has 1 saturated carbocycles. The third-order valence-electron chi connectivity index (χ3n) is 3.81. The number of alkyl carbamates (subject to hydrolysis) is 1. The van der Waals surface area contributed by atoms with Crippen molar-refractivity contribution < 1.29 is 19.2 Å². The second-order valence-corrected chi connectivity index (χ2v) is 7.96. The zero-order chi connectivity index (χ0) is 18.6. The van der Waals surface area contributed by atoms with Crippen molar-refractivity contribution in [3.05, 3.63) is 32.8 Å². The number of amides is 1. The number of nitrogens with one attached hydrogen (secondary N) is 1. The first-order chi connectivity index (χ1) is 11.6. The summed E-state index contributed by atoms with van der Waals surface area (Å²) in [6, 6.07) is 4.55. The van der Waals surface area contributed by atoms with Crippen LogP contribution in [0, 0.1) is 10.1 Å². The smallest absolute Gasteiger partial charge is 0.407 e. The molecule has 0 radical (unpaired) electrons. The van der Waals surface area contributed by atoms with Gasteiger partial charge >= 0.3 is 6.09 Å². The van der Waals surface area contributed by atoms with E-state index in [9.17, 15) is 14.9 Å². The Morgan fingerprint density at radius 1 is 1.28 bits per heavy atom. The molecule has 1 aromatic carbocycles. The van der Waals surface area contributed by atoms with Gasteiger partial charge in [0.25, 0.3) is 5.69 Å². The molecule has 8 heteroatoms. The van der Waals surface area contributed by atoms with E-state index in [4.69, 9.17) is 9.47 Å². The van der Waals surface area contributed by atoms with Crippen LogP contribution in [0.3, 0.4) is 0 Å². The van der Waals surface area contributed by atoms with Crippen LogP contribution in [0.1, 0.15) is 46.5 Å².